The Balaban J connectivity index is 1.21. The molecule has 2 heterocycles. The first kappa shape index (κ1) is 26.8. The highest BCUT2D eigenvalue weighted by Crippen LogP contribution is 2.30. The molecule has 0 unspecified atom stereocenters. The number of methoxy groups -OCH3 is 2. The normalized spacial score (nSPS) is 18.1. The molecule has 2 aliphatic rings. The monoisotopic (exact) mass is 510 g/mol. The number of nitrogens with one attached hydrogen (secondary N) is 1. The molecule has 200 valence electrons. The van der Waals surface area contributed by atoms with Gasteiger partial charge in [-0.25, -0.2) is 0 Å². The van der Waals surface area contributed by atoms with Crippen LogP contribution in [0.2, 0.25) is 0 Å². The topological polar surface area (TPSA) is 83.6 Å². The van der Waals surface area contributed by atoms with Crippen LogP contribution in [0.4, 0.5) is 0 Å². The van der Waals surface area contributed by atoms with Crippen molar-refractivity contribution in [2.45, 2.75) is 25.4 Å². The van der Waals surface area contributed by atoms with Gasteiger partial charge in [0, 0.05) is 58.3 Å². The van der Waals surface area contributed by atoms with Crippen LogP contribution in [0.3, 0.4) is 0 Å². The molecule has 0 radical (unpaired) electrons. The molecule has 1 N–H and O–H groups in total. The summed E-state index contributed by atoms with van der Waals surface area (Å²) in [5.74, 6) is 2.00. The van der Waals surface area contributed by atoms with Crippen molar-refractivity contribution < 1.29 is 23.8 Å². The molecular formula is C28H38N4O5. The van der Waals surface area contributed by atoms with E-state index >= 15 is 0 Å². The van der Waals surface area contributed by atoms with Gasteiger partial charge in [-0.05, 0) is 43.3 Å². The van der Waals surface area contributed by atoms with Crippen LogP contribution in [-0.2, 0) is 11.3 Å². The number of rotatable bonds is 11. The van der Waals surface area contributed by atoms with E-state index < -0.39 is 0 Å². The Morgan fingerprint density at radius 2 is 1.76 bits per heavy atom. The molecule has 37 heavy (non-hydrogen) atoms. The quantitative estimate of drug-likeness (QED) is 0.497. The summed E-state index contributed by atoms with van der Waals surface area (Å²) >= 11 is 0. The van der Waals surface area contributed by atoms with Crippen LogP contribution in [0.5, 0.6) is 17.2 Å². The molecule has 2 saturated heterocycles. The lowest BCUT2D eigenvalue weighted by atomic mass is 10.1. The Labute approximate surface area is 219 Å². The summed E-state index contributed by atoms with van der Waals surface area (Å²) in [4.78, 5) is 31.0. The second-order valence-electron chi connectivity index (χ2n) is 9.67. The minimum atomic E-state index is -0.0673. The first-order valence-corrected chi connectivity index (χ1v) is 12.9. The van der Waals surface area contributed by atoms with E-state index in [0.717, 1.165) is 44.9 Å². The van der Waals surface area contributed by atoms with E-state index in [9.17, 15) is 9.59 Å². The molecule has 2 aromatic carbocycles. The number of piperazine rings is 1. The van der Waals surface area contributed by atoms with Gasteiger partial charge in [0.25, 0.3) is 5.91 Å². The van der Waals surface area contributed by atoms with Crippen LogP contribution in [0, 0.1) is 0 Å². The molecule has 0 spiro atoms. The molecule has 0 aromatic heterocycles. The molecule has 1 atom stereocenters. The van der Waals surface area contributed by atoms with Crippen LogP contribution in [0.1, 0.15) is 28.8 Å². The van der Waals surface area contributed by atoms with Crippen molar-refractivity contribution in [1.82, 2.24) is 20.0 Å². The average Bonchev–Trinajstić information content (AvgIpc) is 3.32. The number of hydrogen-bond acceptors (Lipinski definition) is 7. The Morgan fingerprint density at radius 3 is 2.41 bits per heavy atom. The average molecular weight is 511 g/mol. The molecule has 0 saturated carbocycles. The van der Waals surface area contributed by atoms with Gasteiger partial charge >= 0.3 is 0 Å². The molecule has 2 fully saturated rings. The summed E-state index contributed by atoms with van der Waals surface area (Å²) in [7, 11) is 5.20. The number of likely N-dealkylation sites (N-methyl/N-ethyl adjacent to an activating group) is 1. The third-order valence-electron chi connectivity index (χ3n) is 6.95. The lowest BCUT2D eigenvalue weighted by molar-refractivity contribution is -0.119. The smallest absolute Gasteiger partial charge is 0.261 e. The molecule has 9 heteroatoms. The van der Waals surface area contributed by atoms with E-state index in [1.165, 1.54) is 5.56 Å². The summed E-state index contributed by atoms with van der Waals surface area (Å²) in [6, 6.07) is 13.8. The standard InChI is InChI=1S/C28H38N4O5/c1-30(20-22-10-11-26(33)29-22)19-21-6-4-7-23(18-21)37-17-16-31-12-14-32(15-13-31)28(34)27-24(35-2)8-5-9-25(27)36-3/h4-9,18,22H,10-17,19-20H2,1-3H3,(H,29,33)/t22-/m1/s1. The number of amides is 2. The Kier molecular flexibility index (Phi) is 9.24. The largest absolute Gasteiger partial charge is 0.496 e. The Hall–Kier alpha value is -3.30. The van der Waals surface area contributed by atoms with E-state index in [4.69, 9.17) is 14.2 Å². The Morgan fingerprint density at radius 1 is 1.05 bits per heavy atom. The van der Waals surface area contributed by atoms with E-state index in [1.54, 1.807) is 26.4 Å². The van der Waals surface area contributed by atoms with Crippen LogP contribution >= 0.6 is 0 Å². The van der Waals surface area contributed by atoms with Gasteiger partial charge in [-0.2, -0.15) is 0 Å². The molecule has 0 aliphatic carbocycles. The number of carbonyl (C=O) groups excluding carboxylic acids is 2. The van der Waals surface area contributed by atoms with Crippen molar-refractivity contribution >= 4 is 11.8 Å². The third-order valence-corrected chi connectivity index (χ3v) is 6.95. The summed E-state index contributed by atoms with van der Waals surface area (Å²) in [6.45, 7) is 5.88. The first-order chi connectivity index (χ1) is 18.0. The molecule has 2 aromatic rings. The highest BCUT2D eigenvalue weighted by atomic mass is 16.5. The summed E-state index contributed by atoms with van der Waals surface area (Å²) in [5.41, 5.74) is 1.66. The minimum absolute atomic E-state index is 0.0673. The van der Waals surface area contributed by atoms with Crippen LogP contribution in [0.25, 0.3) is 0 Å². The van der Waals surface area contributed by atoms with E-state index in [-0.39, 0.29) is 17.9 Å². The van der Waals surface area contributed by atoms with Gasteiger partial charge in [0.15, 0.2) is 0 Å². The fraction of sp³-hybridized carbons (Fsp3) is 0.500. The van der Waals surface area contributed by atoms with E-state index in [0.29, 0.717) is 43.2 Å². The summed E-state index contributed by atoms with van der Waals surface area (Å²) in [5, 5.41) is 3.03. The van der Waals surface area contributed by atoms with Crippen LogP contribution < -0.4 is 19.5 Å². The zero-order valence-corrected chi connectivity index (χ0v) is 22.1. The van der Waals surface area contributed by atoms with Crippen LogP contribution in [-0.4, -0.2) is 99.7 Å². The molecule has 2 aliphatic heterocycles. The van der Waals surface area contributed by atoms with Crippen molar-refractivity contribution in [3.63, 3.8) is 0 Å². The summed E-state index contributed by atoms with van der Waals surface area (Å²) in [6.07, 6.45) is 1.53. The maximum atomic E-state index is 13.2. The van der Waals surface area contributed by atoms with Gasteiger partial charge in [-0.3, -0.25) is 14.5 Å². The Bertz CT molecular complexity index is 1050. The second-order valence-corrected chi connectivity index (χ2v) is 9.67. The van der Waals surface area contributed by atoms with Gasteiger partial charge in [0.05, 0.1) is 14.2 Å². The third kappa shape index (κ3) is 7.14. The number of hydrogen-bond donors (Lipinski definition) is 1. The number of nitrogens with zero attached hydrogens (tertiary/aromatic N) is 3. The van der Waals surface area contributed by atoms with Crippen molar-refractivity contribution in [2.75, 3.05) is 67.1 Å². The predicted molar refractivity (Wildman–Crippen MR) is 141 cm³/mol. The van der Waals surface area contributed by atoms with Gasteiger partial charge in [0.2, 0.25) is 5.91 Å². The van der Waals surface area contributed by atoms with Gasteiger partial charge in [-0.1, -0.05) is 18.2 Å². The predicted octanol–water partition coefficient (Wildman–Crippen LogP) is 2.25. The number of benzene rings is 2. The van der Waals surface area contributed by atoms with Gasteiger partial charge < -0.3 is 29.3 Å². The van der Waals surface area contributed by atoms with Gasteiger partial charge in [0.1, 0.15) is 29.4 Å². The summed E-state index contributed by atoms with van der Waals surface area (Å²) < 4.78 is 16.9. The van der Waals surface area contributed by atoms with E-state index in [2.05, 4.69) is 34.3 Å². The van der Waals surface area contributed by atoms with E-state index in [1.807, 2.05) is 23.1 Å². The van der Waals surface area contributed by atoms with Crippen molar-refractivity contribution in [1.29, 1.82) is 0 Å². The second kappa shape index (κ2) is 12.8. The van der Waals surface area contributed by atoms with Crippen molar-refractivity contribution in [3.8, 4) is 17.2 Å². The SMILES string of the molecule is COc1cccc(OC)c1C(=O)N1CCN(CCOc2cccc(CN(C)C[C@H]3CCC(=O)N3)c2)CC1. The van der Waals surface area contributed by atoms with Gasteiger partial charge in [-0.15, -0.1) is 0 Å². The fourth-order valence-corrected chi connectivity index (χ4v) is 4.99. The maximum Gasteiger partial charge on any atom is 0.261 e. The number of ether oxygens (including phenoxy) is 3. The highest BCUT2D eigenvalue weighted by Gasteiger charge is 2.27. The molecule has 2 amide bonds. The minimum Gasteiger partial charge on any atom is -0.496 e. The lowest BCUT2D eigenvalue weighted by Crippen LogP contribution is -2.49. The first-order valence-electron chi connectivity index (χ1n) is 12.9. The molecule has 0 bridgehead atoms. The molecule has 4 rings (SSSR count). The maximum absolute atomic E-state index is 13.2. The zero-order chi connectivity index (χ0) is 26.2. The van der Waals surface area contributed by atoms with Crippen LogP contribution in [0.15, 0.2) is 42.5 Å². The molecular weight excluding hydrogens is 472 g/mol. The lowest BCUT2D eigenvalue weighted by Gasteiger charge is -2.35. The van der Waals surface area contributed by atoms with Crippen molar-refractivity contribution in [2.24, 2.45) is 0 Å². The zero-order valence-electron chi connectivity index (χ0n) is 22.1. The molecule has 9 nitrogen and oxygen atoms in total. The number of carbonyl (C=O) groups is 2. The fourth-order valence-electron chi connectivity index (χ4n) is 4.99. The van der Waals surface area contributed by atoms with Crippen molar-refractivity contribution in [3.05, 3.63) is 53.6 Å². The highest BCUT2D eigenvalue weighted by molar-refractivity contribution is 5.99.